The number of hydrogen-bond donors (Lipinski definition) is 1. The molecule has 0 bridgehead atoms. The van der Waals surface area contributed by atoms with Crippen molar-refractivity contribution in [3.05, 3.63) is 23.3 Å². The van der Waals surface area contributed by atoms with E-state index in [9.17, 15) is 13.2 Å². The summed E-state index contributed by atoms with van der Waals surface area (Å²) < 4.78 is 48.1. The fourth-order valence-electron chi connectivity index (χ4n) is 1.57. The molecule has 0 aliphatic rings. The number of halogens is 3. The van der Waals surface area contributed by atoms with Gasteiger partial charge >= 0.3 is 6.18 Å². The van der Waals surface area contributed by atoms with E-state index in [-0.39, 0.29) is 18.0 Å². The molecule has 0 aliphatic carbocycles. The summed E-state index contributed by atoms with van der Waals surface area (Å²) in [5.74, 6) is -0.0506. The molecule has 0 aliphatic heterocycles. The number of benzene rings is 1. The second-order valence-corrected chi connectivity index (χ2v) is 3.40. The van der Waals surface area contributed by atoms with Crippen molar-refractivity contribution in [1.29, 1.82) is 0 Å². The van der Waals surface area contributed by atoms with E-state index < -0.39 is 11.7 Å². The number of ether oxygens (including phenoxy) is 2. The van der Waals surface area contributed by atoms with Crippen LogP contribution in [0.25, 0.3) is 0 Å². The van der Waals surface area contributed by atoms with Gasteiger partial charge in [-0.15, -0.1) is 0 Å². The fourth-order valence-corrected chi connectivity index (χ4v) is 1.57. The standard InChI is InChI=1S/C11H14F3NO2/c1-16-8-5-7(3-4-15)10(17-2)9(6-8)11(12,13)14/h5-6H,3-4,15H2,1-2H3. The van der Waals surface area contributed by atoms with Crippen LogP contribution >= 0.6 is 0 Å². The van der Waals surface area contributed by atoms with Crippen LogP contribution in [0.3, 0.4) is 0 Å². The van der Waals surface area contributed by atoms with Gasteiger partial charge in [0.25, 0.3) is 0 Å². The molecule has 0 unspecified atom stereocenters. The predicted octanol–water partition coefficient (Wildman–Crippen LogP) is 2.22. The van der Waals surface area contributed by atoms with Crippen molar-refractivity contribution in [3.8, 4) is 11.5 Å². The third-order valence-corrected chi connectivity index (χ3v) is 2.30. The first kappa shape index (κ1) is 13.6. The van der Waals surface area contributed by atoms with Gasteiger partial charge in [-0.05, 0) is 30.7 Å². The smallest absolute Gasteiger partial charge is 0.420 e. The van der Waals surface area contributed by atoms with E-state index in [4.69, 9.17) is 15.2 Å². The van der Waals surface area contributed by atoms with E-state index in [2.05, 4.69) is 0 Å². The van der Waals surface area contributed by atoms with Crippen LogP contribution in [0.15, 0.2) is 12.1 Å². The zero-order chi connectivity index (χ0) is 13.1. The summed E-state index contributed by atoms with van der Waals surface area (Å²) in [5.41, 5.74) is 4.90. The van der Waals surface area contributed by atoms with Crippen LogP contribution in [0.1, 0.15) is 11.1 Å². The molecule has 0 atom stereocenters. The molecule has 1 aromatic rings. The molecule has 0 spiro atoms. The molecule has 3 nitrogen and oxygen atoms in total. The van der Waals surface area contributed by atoms with E-state index in [1.807, 2.05) is 0 Å². The third-order valence-electron chi connectivity index (χ3n) is 2.30. The molecule has 0 radical (unpaired) electrons. The van der Waals surface area contributed by atoms with Gasteiger partial charge in [-0.25, -0.2) is 0 Å². The second-order valence-electron chi connectivity index (χ2n) is 3.40. The van der Waals surface area contributed by atoms with Crippen molar-refractivity contribution in [2.45, 2.75) is 12.6 Å². The van der Waals surface area contributed by atoms with Crippen LogP contribution in [0, 0.1) is 0 Å². The molecule has 1 aromatic carbocycles. The highest BCUT2D eigenvalue weighted by Crippen LogP contribution is 2.40. The Balaban J connectivity index is 3.39. The highest BCUT2D eigenvalue weighted by atomic mass is 19.4. The van der Waals surface area contributed by atoms with Gasteiger partial charge in [0.15, 0.2) is 0 Å². The molecule has 96 valence electrons. The molecule has 1 rings (SSSR count). The van der Waals surface area contributed by atoms with Crippen molar-refractivity contribution in [2.75, 3.05) is 20.8 Å². The Hall–Kier alpha value is -1.43. The van der Waals surface area contributed by atoms with Gasteiger partial charge in [-0.3, -0.25) is 0 Å². The Morgan fingerprint density at radius 2 is 1.82 bits per heavy atom. The SMILES string of the molecule is COc1cc(CCN)c(OC)c(C(F)(F)F)c1. The lowest BCUT2D eigenvalue weighted by molar-refractivity contribution is -0.138. The zero-order valence-corrected chi connectivity index (χ0v) is 9.60. The van der Waals surface area contributed by atoms with Crippen LogP contribution < -0.4 is 15.2 Å². The molecule has 6 heteroatoms. The quantitative estimate of drug-likeness (QED) is 0.889. The molecule has 0 fully saturated rings. The second kappa shape index (κ2) is 5.27. The normalized spacial score (nSPS) is 11.4. The van der Waals surface area contributed by atoms with Gasteiger partial charge in [0, 0.05) is 0 Å². The highest BCUT2D eigenvalue weighted by Gasteiger charge is 2.36. The first-order valence-electron chi connectivity index (χ1n) is 4.96. The van der Waals surface area contributed by atoms with Crippen LogP contribution in [-0.2, 0) is 12.6 Å². The van der Waals surface area contributed by atoms with Gasteiger partial charge < -0.3 is 15.2 Å². The van der Waals surface area contributed by atoms with Gasteiger partial charge in [0.05, 0.1) is 14.2 Å². The molecule has 0 saturated heterocycles. The summed E-state index contributed by atoms with van der Waals surface area (Å²) in [6, 6.07) is 2.42. The summed E-state index contributed by atoms with van der Waals surface area (Å²) >= 11 is 0. The molecular formula is C11H14F3NO2. The molecule has 0 amide bonds. The largest absolute Gasteiger partial charge is 0.497 e. The van der Waals surface area contributed by atoms with Crippen molar-refractivity contribution in [1.82, 2.24) is 0 Å². The van der Waals surface area contributed by atoms with E-state index in [1.54, 1.807) is 0 Å². The zero-order valence-electron chi connectivity index (χ0n) is 9.60. The number of rotatable bonds is 4. The summed E-state index contributed by atoms with van der Waals surface area (Å²) in [7, 11) is 2.52. The van der Waals surface area contributed by atoms with Crippen molar-refractivity contribution in [2.24, 2.45) is 5.73 Å². The summed E-state index contributed by atoms with van der Waals surface area (Å²) in [6.45, 7) is 0.237. The number of nitrogens with two attached hydrogens (primary N) is 1. The Bertz CT molecular complexity index is 391. The first-order chi connectivity index (χ1) is 7.93. The van der Waals surface area contributed by atoms with Gasteiger partial charge in [-0.2, -0.15) is 13.2 Å². The van der Waals surface area contributed by atoms with Crippen LogP contribution in [0.4, 0.5) is 13.2 Å². The molecule has 2 N–H and O–H groups in total. The number of alkyl halides is 3. The summed E-state index contributed by atoms with van der Waals surface area (Å²) in [4.78, 5) is 0. The Morgan fingerprint density at radius 3 is 2.24 bits per heavy atom. The predicted molar refractivity (Wildman–Crippen MR) is 57.3 cm³/mol. The van der Waals surface area contributed by atoms with E-state index >= 15 is 0 Å². The van der Waals surface area contributed by atoms with Gasteiger partial charge in [0.2, 0.25) is 0 Å². The van der Waals surface area contributed by atoms with Crippen molar-refractivity contribution >= 4 is 0 Å². The lowest BCUT2D eigenvalue weighted by atomic mass is 10.0. The Labute approximate surface area is 97.3 Å². The topological polar surface area (TPSA) is 44.5 Å². The average molecular weight is 249 g/mol. The summed E-state index contributed by atoms with van der Waals surface area (Å²) in [6.07, 6.45) is -4.19. The minimum Gasteiger partial charge on any atom is -0.497 e. The van der Waals surface area contributed by atoms with Crippen LogP contribution in [-0.4, -0.2) is 20.8 Å². The molecular weight excluding hydrogens is 235 g/mol. The maximum Gasteiger partial charge on any atom is 0.420 e. The highest BCUT2D eigenvalue weighted by molar-refractivity contribution is 5.49. The molecule has 17 heavy (non-hydrogen) atoms. The maximum absolute atomic E-state index is 12.8. The van der Waals surface area contributed by atoms with Crippen LogP contribution in [0.5, 0.6) is 11.5 Å². The number of hydrogen-bond acceptors (Lipinski definition) is 3. The Morgan fingerprint density at radius 1 is 1.18 bits per heavy atom. The third kappa shape index (κ3) is 3.03. The maximum atomic E-state index is 12.8. The van der Waals surface area contributed by atoms with E-state index in [1.165, 1.54) is 20.3 Å². The fraction of sp³-hybridized carbons (Fsp3) is 0.455. The van der Waals surface area contributed by atoms with Crippen molar-refractivity contribution in [3.63, 3.8) is 0 Å². The Kier molecular flexibility index (Phi) is 4.22. The first-order valence-corrected chi connectivity index (χ1v) is 4.96. The van der Waals surface area contributed by atoms with E-state index in [0.29, 0.717) is 12.0 Å². The average Bonchev–Trinajstić information content (AvgIpc) is 2.27. The van der Waals surface area contributed by atoms with Gasteiger partial charge in [0.1, 0.15) is 17.1 Å². The van der Waals surface area contributed by atoms with Crippen LogP contribution in [0.2, 0.25) is 0 Å². The van der Waals surface area contributed by atoms with Crippen molar-refractivity contribution < 1.29 is 22.6 Å². The lowest BCUT2D eigenvalue weighted by Crippen LogP contribution is -2.12. The minimum absolute atomic E-state index is 0.140. The monoisotopic (exact) mass is 249 g/mol. The minimum atomic E-state index is -4.48. The lowest BCUT2D eigenvalue weighted by Gasteiger charge is -2.17. The van der Waals surface area contributed by atoms with E-state index in [0.717, 1.165) is 6.07 Å². The molecule has 0 heterocycles. The molecule has 0 saturated carbocycles. The number of methoxy groups -OCH3 is 2. The summed E-state index contributed by atoms with van der Waals surface area (Å²) in [5, 5.41) is 0. The van der Waals surface area contributed by atoms with Gasteiger partial charge in [-0.1, -0.05) is 0 Å². The molecule has 0 aromatic heterocycles.